The molecular formula is C31H63NO4. The average molecular weight is 514 g/mol. The molecule has 1 amide bonds. The Morgan fingerprint density at radius 2 is 0.944 bits per heavy atom. The van der Waals surface area contributed by atoms with E-state index in [1.54, 1.807) is 0 Å². The van der Waals surface area contributed by atoms with Gasteiger partial charge < -0.3 is 20.6 Å². The Kier molecular flexibility index (Phi) is 26.9. The summed E-state index contributed by atoms with van der Waals surface area (Å²) in [6, 6.07) is -0.798. The van der Waals surface area contributed by atoms with Gasteiger partial charge in [-0.1, -0.05) is 149 Å². The molecule has 0 radical (unpaired) electrons. The quantitative estimate of drug-likeness (QED) is 0.0811. The van der Waals surface area contributed by atoms with Crippen molar-refractivity contribution in [1.82, 2.24) is 5.32 Å². The van der Waals surface area contributed by atoms with E-state index in [9.17, 15) is 20.1 Å². The number of aliphatic hydroxyl groups excluding tert-OH is 3. The molecule has 0 aromatic rings. The molecule has 0 aliphatic heterocycles. The van der Waals surface area contributed by atoms with Gasteiger partial charge in [0.15, 0.2) is 0 Å². The van der Waals surface area contributed by atoms with Crippen LogP contribution in [0.25, 0.3) is 0 Å². The fourth-order valence-corrected chi connectivity index (χ4v) is 4.92. The van der Waals surface area contributed by atoms with Gasteiger partial charge in [-0.25, -0.2) is 0 Å². The van der Waals surface area contributed by atoms with Gasteiger partial charge in [0.2, 0.25) is 5.91 Å². The van der Waals surface area contributed by atoms with Crippen LogP contribution in [-0.2, 0) is 4.79 Å². The molecule has 0 fully saturated rings. The Hall–Kier alpha value is -0.650. The van der Waals surface area contributed by atoms with Crippen LogP contribution in [0.3, 0.4) is 0 Å². The first-order chi connectivity index (χ1) is 17.6. The Morgan fingerprint density at radius 3 is 1.33 bits per heavy atom. The monoisotopic (exact) mass is 513 g/mol. The van der Waals surface area contributed by atoms with E-state index in [4.69, 9.17) is 0 Å². The molecule has 0 bridgehead atoms. The number of hydrogen-bond donors (Lipinski definition) is 4. The maximum atomic E-state index is 12.2. The second kappa shape index (κ2) is 27.4. The fourth-order valence-electron chi connectivity index (χ4n) is 4.92. The van der Waals surface area contributed by atoms with E-state index in [1.165, 1.54) is 109 Å². The first-order valence-corrected chi connectivity index (χ1v) is 15.8. The van der Waals surface area contributed by atoms with Crippen molar-refractivity contribution in [2.75, 3.05) is 6.61 Å². The predicted molar refractivity (Wildman–Crippen MR) is 153 cm³/mol. The lowest BCUT2D eigenvalue weighted by Gasteiger charge is -2.26. The van der Waals surface area contributed by atoms with Crippen LogP contribution in [0.5, 0.6) is 0 Å². The molecule has 3 atom stereocenters. The third-order valence-electron chi connectivity index (χ3n) is 7.46. The number of unbranched alkanes of at least 4 members (excludes halogenated alkanes) is 20. The summed E-state index contributed by atoms with van der Waals surface area (Å²) in [5, 5.41) is 33.1. The van der Waals surface area contributed by atoms with Crippen LogP contribution < -0.4 is 5.32 Å². The second-order valence-electron chi connectivity index (χ2n) is 11.0. The van der Waals surface area contributed by atoms with E-state index in [2.05, 4.69) is 19.2 Å². The topological polar surface area (TPSA) is 89.8 Å². The van der Waals surface area contributed by atoms with Gasteiger partial charge in [0, 0.05) is 6.42 Å². The van der Waals surface area contributed by atoms with E-state index in [0.717, 1.165) is 32.1 Å². The maximum absolute atomic E-state index is 12.2. The molecule has 4 N–H and O–H groups in total. The van der Waals surface area contributed by atoms with E-state index in [1.807, 2.05) is 0 Å². The standard InChI is InChI=1S/C31H63NO4/c1-3-5-7-9-11-13-14-15-16-17-18-19-21-23-25-29(34)31(36)28(27-33)32-30(35)26-24-22-20-12-10-8-6-4-2/h28-29,31,33-34,36H,3-27H2,1-2H3,(H,32,35)/t28-,29+,31-/m0/s1. The summed E-state index contributed by atoms with van der Waals surface area (Å²) < 4.78 is 0. The smallest absolute Gasteiger partial charge is 0.220 e. The largest absolute Gasteiger partial charge is 0.394 e. The molecule has 0 aromatic carbocycles. The van der Waals surface area contributed by atoms with Gasteiger partial charge in [-0.2, -0.15) is 0 Å². The zero-order chi connectivity index (χ0) is 26.7. The zero-order valence-electron chi connectivity index (χ0n) is 24.2. The lowest BCUT2D eigenvalue weighted by Crippen LogP contribution is -2.50. The third-order valence-corrected chi connectivity index (χ3v) is 7.46. The summed E-state index contributed by atoms with van der Waals surface area (Å²) in [4.78, 5) is 12.2. The number of aliphatic hydroxyl groups is 3. The summed E-state index contributed by atoms with van der Waals surface area (Å²) in [7, 11) is 0. The van der Waals surface area contributed by atoms with Crippen molar-refractivity contribution in [1.29, 1.82) is 0 Å². The van der Waals surface area contributed by atoms with Gasteiger partial charge in [-0.05, 0) is 12.8 Å². The molecule has 0 rings (SSSR count). The van der Waals surface area contributed by atoms with E-state index in [0.29, 0.717) is 12.8 Å². The molecule has 216 valence electrons. The number of hydrogen-bond acceptors (Lipinski definition) is 4. The Morgan fingerprint density at radius 1 is 0.583 bits per heavy atom. The number of amides is 1. The zero-order valence-corrected chi connectivity index (χ0v) is 24.2. The molecule has 0 unspecified atom stereocenters. The third kappa shape index (κ3) is 22.5. The van der Waals surface area contributed by atoms with Crippen molar-refractivity contribution in [2.45, 2.75) is 186 Å². The van der Waals surface area contributed by atoms with Gasteiger partial charge in [0.25, 0.3) is 0 Å². The fraction of sp³-hybridized carbons (Fsp3) is 0.968. The minimum atomic E-state index is -1.13. The van der Waals surface area contributed by atoms with Crippen molar-refractivity contribution in [3.8, 4) is 0 Å². The van der Waals surface area contributed by atoms with Crippen LogP contribution in [0.2, 0.25) is 0 Å². The molecule has 36 heavy (non-hydrogen) atoms. The van der Waals surface area contributed by atoms with Crippen LogP contribution in [0.15, 0.2) is 0 Å². The highest BCUT2D eigenvalue weighted by atomic mass is 16.3. The van der Waals surface area contributed by atoms with Gasteiger partial charge in [-0.15, -0.1) is 0 Å². The highest BCUT2D eigenvalue weighted by Gasteiger charge is 2.26. The van der Waals surface area contributed by atoms with Crippen LogP contribution >= 0.6 is 0 Å². The van der Waals surface area contributed by atoms with Gasteiger partial charge in [0.1, 0.15) is 6.10 Å². The molecule has 5 heteroatoms. The van der Waals surface area contributed by atoms with Crippen LogP contribution in [0, 0.1) is 0 Å². The predicted octanol–water partition coefficient (Wildman–Crippen LogP) is 7.59. The first kappa shape index (κ1) is 35.4. The highest BCUT2D eigenvalue weighted by Crippen LogP contribution is 2.15. The van der Waals surface area contributed by atoms with E-state index < -0.39 is 18.2 Å². The number of carbonyl (C=O) groups is 1. The molecule has 0 saturated carbocycles. The number of rotatable bonds is 28. The minimum absolute atomic E-state index is 0.150. The molecule has 0 aromatic heterocycles. The first-order valence-electron chi connectivity index (χ1n) is 15.8. The maximum Gasteiger partial charge on any atom is 0.220 e. The molecule has 5 nitrogen and oxygen atoms in total. The van der Waals surface area contributed by atoms with Gasteiger partial charge >= 0.3 is 0 Å². The van der Waals surface area contributed by atoms with Gasteiger partial charge in [-0.3, -0.25) is 4.79 Å². The molecular weight excluding hydrogens is 450 g/mol. The summed E-state index contributed by atoms with van der Waals surface area (Å²) in [5.41, 5.74) is 0. The van der Waals surface area contributed by atoms with Crippen molar-refractivity contribution in [3.63, 3.8) is 0 Å². The van der Waals surface area contributed by atoms with Crippen molar-refractivity contribution in [3.05, 3.63) is 0 Å². The molecule has 0 aliphatic carbocycles. The summed E-state index contributed by atoms with van der Waals surface area (Å²) in [6.45, 7) is 4.12. The van der Waals surface area contributed by atoms with Crippen LogP contribution in [0.1, 0.15) is 168 Å². The average Bonchev–Trinajstić information content (AvgIpc) is 2.88. The molecule has 0 heterocycles. The lowest BCUT2D eigenvalue weighted by molar-refractivity contribution is -0.124. The normalized spacial score (nSPS) is 14.0. The van der Waals surface area contributed by atoms with Crippen LogP contribution in [-0.4, -0.2) is 46.1 Å². The molecule has 0 saturated heterocycles. The van der Waals surface area contributed by atoms with E-state index >= 15 is 0 Å². The second-order valence-corrected chi connectivity index (χ2v) is 11.0. The van der Waals surface area contributed by atoms with Gasteiger partial charge in [0.05, 0.1) is 18.8 Å². The number of nitrogens with one attached hydrogen (secondary N) is 1. The Bertz CT molecular complexity index is 460. The Labute approximate surface area is 224 Å². The summed E-state index contributed by atoms with van der Waals surface area (Å²) in [6.07, 6.45) is 26.2. The van der Waals surface area contributed by atoms with Crippen LogP contribution in [0.4, 0.5) is 0 Å². The summed E-state index contributed by atoms with van der Waals surface area (Å²) >= 11 is 0. The SMILES string of the molecule is CCCCCCCCCCCCCCCC[C@@H](O)[C@@H](O)[C@H](CO)NC(=O)CCCCCCCCCC. The van der Waals surface area contributed by atoms with Crippen molar-refractivity contribution in [2.24, 2.45) is 0 Å². The Balaban J connectivity index is 3.70. The van der Waals surface area contributed by atoms with Crippen molar-refractivity contribution >= 4 is 5.91 Å². The molecule has 0 aliphatic rings. The highest BCUT2D eigenvalue weighted by molar-refractivity contribution is 5.76. The number of carbonyl (C=O) groups excluding carboxylic acids is 1. The van der Waals surface area contributed by atoms with E-state index in [-0.39, 0.29) is 12.5 Å². The van der Waals surface area contributed by atoms with Crippen molar-refractivity contribution < 1.29 is 20.1 Å². The minimum Gasteiger partial charge on any atom is -0.394 e. The molecule has 0 spiro atoms. The summed E-state index contributed by atoms with van der Waals surface area (Å²) in [5.74, 6) is -0.150. The lowest BCUT2D eigenvalue weighted by atomic mass is 9.99.